The number of para-hydroxylation sites is 1. The zero-order valence-electron chi connectivity index (χ0n) is 20.0. The van der Waals surface area contributed by atoms with E-state index in [-0.39, 0.29) is 6.61 Å². The van der Waals surface area contributed by atoms with Crippen LogP contribution in [0.4, 0.5) is 0 Å². The zero-order chi connectivity index (χ0) is 24.7. The van der Waals surface area contributed by atoms with Gasteiger partial charge in [0, 0.05) is 30.6 Å². The average molecular weight is 468 g/mol. The summed E-state index contributed by atoms with van der Waals surface area (Å²) in [6.45, 7) is 5.28. The lowest BCUT2D eigenvalue weighted by atomic mass is 10.0. The number of fused-ring (bicyclic) bond motifs is 3. The SMILES string of the molecule is CCOC(=O)c1c(C)n(C)c2c1cc(OC(C)=O)c1c2c(-c2ccccc2)nn1-c1ccccc1. The average Bonchev–Trinajstić information content (AvgIpc) is 3.36. The number of carbonyl (C=O) groups excluding carboxylic acids is 2. The predicted molar refractivity (Wildman–Crippen MR) is 135 cm³/mol. The molecule has 176 valence electrons. The first-order valence-electron chi connectivity index (χ1n) is 11.4. The third-order valence-electron chi connectivity index (χ3n) is 6.14. The number of esters is 2. The molecule has 2 heterocycles. The first-order chi connectivity index (χ1) is 16.9. The molecule has 0 amide bonds. The smallest absolute Gasteiger partial charge is 0.340 e. The lowest BCUT2D eigenvalue weighted by Crippen LogP contribution is -2.07. The quantitative estimate of drug-likeness (QED) is 0.249. The van der Waals surface area contributed by atoms with Gasteiger partial charge in [0.2, 0.25) is 0 Å². The standard InChI is InChI=1S/C28H25N3O4/c1-5-34-28(33)23-17(2)30(4)26-21(23)16-22(35-18(3)32)27-24(26)25(19-12-8-6-9-13-19)29-31(27)20-14-10-7-11-15-20/h6-16H,5H2,1-4H3. The number of hydrogen-bond donors (Lipinski definition) is 0. The van der Waals surface area contributed by atoms with Gasteiger partial charge in [-0.3, -0.25) is 4.79 Å². The van der Waals surface area contributed by atoms with Gasteiger partial charge in [0.15, 0.2) is 5.75 Å². The topological polar surface area (TPSA) is 75.3 Å². The number of nitrogens with zero attached hydrogens (tertiary/aromatic N) is 3. The Labute approximate surface area is 202 Å². The van der Waals surface area contributed by atoms with E-state index in [2.05, 4.69) is 0 Å². The minimum Gasteiger partial charge on any atom is -0.462 e. The molecule has 0 spiro atoms. The van der Waals surface area contributed by atoms with Gasteiger partial charge >= 0.3 is 11.9 Å². The third-order valence-corrected chi connectivity index (χ3v) is 6.14. The van der Waals surface area contributed by atoms with Crippen LogP contribution in [-0.2, 0) is 16.6 Å². The Morgan fingerprint density at radius 3 is 2.26 bits per heavy atom. The Morgan fingerprint density at radius 1 is 0.971 bits per heavy atom. The van der Waals surface area contributed by atoms with Crippen LogP contribution in [0.15, 0.2) is 66.7 Å². The number of ether oxygens (including phenoxy) is 2. The predicted octanol–water partition coefficient (Wildman–Crippen LogP) is 5.59. The first kappa shape index (κ1) is 22.4. The summed E-state index contributed by atoms with van der Waals surface area (Å²) in [6.07, 6.45) is 0. The van der Waals surface area contributed by atoms with Crippen molar-refractivity contribution in [2.24, 2.45) is 7.05 Å². The van der Waals surface area contributed by atoms with Gasteiger partial charge in [0.1, 0.15) is 11.2 Å². The summed E-state index contributed by atoms with van der Waals surface area (Å²) in [4.78, 5) is 25.1. The van der Waals surface area contributed by atoms with Crippen molar-refractivity contribution < 1.29 is 19.1 Å². The van der Waals surface area contributed by atoms with Crippen molar-refractivity contribution in [3.05, 3.63) is 78.0 Å². The van der Waals surface area contributed by atoms with E-state index in [1.165, 1.54) is 6.92 Å². The van der Waals surface area contributed by atoms with Gasteiger partial charge in [0.25, 0.3) is 0 Å². The molecular formula is C28H25N3O4. The highest BCUT2D eigenvalue weighted by Crippen LogP contribution is 2.43. The summed E-state index contributed by atoms with van der Waals surface area (Å²) in [5.41, 5.74) is 5.12. The van der Waals surface area contributed by atoms with Crippen molar-refractivity contribution >= 4 is 33.7 Å². The molecule has 3 aromatic carbocycles. The molecule has 7 nitrogen and oxygen atoms in total. The van der Waals surface area contributed by atoms with E-state index >= 15 is 0 Å². The van der Waals surface area contributed by atoms with Gasteiger partial charge in [-0.2, -0.15) is 5.10 Å². The van der Waals surface area contributed by atoms with E-state index in [4.69, 9.17) is 14.6 Å². The number of aromatic nitrogens is 3. The van der Waals surface area contributed by atoms with Crippen molar-refractivity contribution in [2.45, 2.75) is 20.8 Å². The summed E-state index contributed by atoms with van der Waals surface area (Å²) in [7, 11) is 1.92. The van der Waals surface area contributed by atoms with E-state index in [1.807, 2.05) is 79.2 Å². The van der Waals surface area contributed by atoms with Gasteiger partial charge < -0.3 is 14.0 Å². The molecule has 5 rings (SSSR count). The van der Waals surface area contributed by atoms with E-state index in [0.717, 1.165) is 33.5 Å². The molecule has 0 saturated carbocycles. The summed E-state index contributed by atoms with van der Waals surface area (Å²) in [5, 5.41) is 6.44. The molecule has 0 radical (unpaired) electrons. The van der Waals surface area contributed by atoms with Gasteiger partial charge in [0.05, 0.1) is 28.8 Å². The highest BCUT2D eigenvalue weighted by molar-refractivity contribution is 6.19. The molecule has 0 saturated heterocycles. The largest absolute Gasteiger partial charge is 0.462 e. The fraction of sp³-hybridized carbons (Fsp3) is 0.179. The summed E-state index contributed by atoms with van der Waals surface area (Å²) in [5.74, 6) is -0.548. The molecule has 7 heteroatoms. The second kappa shape index (κ2) is 8.76. The number of rotatable bonds is 5. The van der Waals surface area contributed by atoms with Crippen LogP contribution in [0.1, 0.15) is 29.9 Å². The van der Waals surface area contributed by atoms with Crippen LogP contribution in [0.25, 0.3) is 38.8 Å². The molecule has 5 aromatic rings. The van der Waals surface area contributed by atoms with Crippen molar-refractivity contribution in [2.75, 3.05) is 6.61 Å². The number of benzene rings is 3. The molecule has 0 aliphatic rings. The van der Waals surface area contributed by atoms with Crippen molar-refractivity contribution in [1.29, 1.82) is 0 Å². The Hall–Kier alpha value is -4.39. The van der Waals surface area contributed by atoms with Gasteiger partial charge in [-0.15, -0.1) is 0 Å². The molecule has 0 unspecified atom stereocenters. The summed E-state index contributed by atoms with van der Waals surface area (Å²) >= 11 is 0. The maximum atomic E-state index is 13.0. The van der Waals surface area contributed by atoms with E-state index in [9.17, 15) is 9.59 Å². The molecule has 0 N–H and O–H groups in total. The number of hydrogen-bond acceptors (Lipinski definition) is 5. The van der Waals surface area contributed by atoms with Crippen LogP contribution >= 0.6 is 0 Å². The summed E-state index contributed by atoms with van der Waals surface area (Å²) in [6, 6.07) is 21.3. The summed E-state index contributed by atoms with van der Waals surface area (Å²) < 4.78 is 14.9. The number of aryl methyl sites for hydroxylation is 1. The maximum Gasteiger partial charge on any atom is 0.340 e. The van der Waals surface area contributed by atoms with Crippen molar-refractivity contribution in [3.8, 4) is 22.7 Å². The second-order valence-electron chi connectivity index (χ2n) is 8.29. The zero-order valence-corrected chi connectivity index (χ0v) is 20.0. The van der Waals surface area contributed by atoms with E-state index in [0.29, 0.717) is 22.2 Å². The second-order valence-corrected chi connectivity index (χ2v) is 8.29. The van der Waals surface area contributed by atoms with Crippen LogP contribution in [0.3, 0.4) is 0 Å². The molecule has 0 aliphatic heterocycles. The Kier molecular flexibility index (Phi) is 5.61. The normalized spacial score (nSPS) is 11.2. The maximum absolute atomic E-state index is 13.0. The lowest BCUT2D eigenvalue weighted by Gasteiger charge is -2.10. The first-order valence-corrected chi connectivity index (χ1v) is 11.4. The Morgan fingerprint density at radius 2 is 1.63 bits per heavy atom. The van der Waals surface area contributed by atoms with Crippen LogP contribution in [0.2, 0.25) is 0 Å². The van der Waals surface area contributed by atoms with Gasteiger partial charge in [-0.1, -0.05) is 48.5 Å². The molecule has 0 fully saturated rings. The lowest BCUT2D eigenvalue weighted by molar-refractivity contribution is -0.131. The molecular weight excluding hydrogens is 442 g/mol. The van der Waals surface area contributed by atoms with Crippen LogP contribution < -0.4 is 4.74 Å². The fourth-order valence-corrected chi connectivity index (χ4v) is 4.59. The molecule has 2 aromatic heterocycles. The van der Waals surface area contributed by atoms with Gasteiger partial charge in [-0.25, -0.2) is 9.48 Å². The monoisotopic (exact) mass is 467 g/mol. The van der Waals surface area contributed by atoms with Gasteiger partial charge in [-0.05, 0) is 32.0 Å². The van der Waals surface area contributed by atoms with E-state index in [1.54, 1.807) is 17.7 Å². The molecule has 0 aliphatic carbocycles. The third kappa shape index (κ3) is 3.65. The minimum absolute atomic E-state index is 0.259. The molecule has 0 atom stereocenters. The van der Waals surface area contributed by atoms with Crippen LogP contribution in [0, 0.1) is 6.92 Å². The highest BCUT2D eigenvalue weighted by Gasteiger charge is 2.28. The van der Waals surface area contributed by atoms with Crippen LogP contribution in [-0.4, -0.2) is 32.9 Å². The molecule has 0 bridgehead atoms. The van der Waals surface area contributed by atoms with Crippen molar-refractivity contribution in [3.63, 3.8) is 0 Å². The fourth-order valence-electron chi connectivity index (χ4n) is 4.59. The molecule has 35 heavy (non-hydrogen) atoms. The Bertz CT molecular complexity index is 1580. The minimum atomic E-state index is -0.460. The van der Waals surface area contributed by atoms with E-state index < -0.39 is 11.9 Å². The highest BCUT2D eigenvalue weighted by atomic mass is 16.5. The number of carbonyl (C=O) groups is 2. The van der Waals surface area contributed by atoms with Crippen LogP contribution in [0.5, 0.6) is 5.75 Å². The Balaban J connectivity index is 2.01. The van der Waals surface area contributed by atoms with Crippen molar-refractivity contribution in [1.82, 2.24) is 14.3 Å².